The lowest BCUT2D eigenvalue weighted by Gasteiger charge is -2.12. The van der Waals surface area contributed by atoms with Crippen LogP contribution in [0, 0.1) is 0 Å². The number of para-hydroxylation sites is 2. The Balaban J connectivity index is 1.19. The van der Waals surface area contributed by atoms with Gasteiger partial charge in [-0.1, -0.05) is 146 Å². The topological polar surface area (TPSA) is 56.7 Å². The molecule has 0 fully saturated rings. The summed E-state index contributed by atoms with van der Waals surface area (Å²) in [7, 11) is 0. The summed E-state index contributed by atoms with van der Waals surface area (Å²) in [6.07, 6.45) is 0. The average molecular weight is 715 g/mol. The van der Waals surface area contributed by atoms with E-state index in [1.807, 2.05) is 18.2 Å². The molecule has 3 heterocycles. The summed E-state index contributed by atoms with van der Waals surface area (Å²) in [6, 6.07) is 63.7. The van der Waals surface area contributed by atoms with Crippen molar-refractivity contribution in [2.24, 2.45) is 0 Å². The van der Waals surface area contributed by atoms with Gasteiger partial charge in [0.05, 0.1) is 11.0 Å². The second-order valence-corrected chi connectivity index (χ2v) is 14.4. The Morgan fingerprint density at radius 2 is 0.964 bits per heavy atom. The molecule has 0 atom stereocenters. The zero-order chi connectivity index (χ0) is 36.7. The summed E-state index contributed by atoms with van der Waals surface area (Å²) in [6.45, 7) is 0. The van der Waals surface area contributed by atoms with Gasteiger partial charge in [-0.05, 0) is 63.3 Å². The average Bonchev–Trinajstić information content (AvgIpc) is 3.83. The lowest BCUT2D eigenvalue weighted by atomic mass is 9.94. The third-order valence-electron chi connectivity index (χ3n) is 11.2. The lowest BCUT2D eigenvalue weighted by molar-refractivity contribution is 0.673. The monoisotopic (exact) mass is 714 g/mol. The molecule has 0 radical (unpaired) electrons. The van der Waals surface area contributed by atoms with Gasteiger partial charge < -0.3 is 8.98 Å². The van der Waals surface area contributed by atoms with Gasteiger partial charge >= 0.3 is 0 Å². The Morgan fingerprint density at radius 3 is 1.75 bits per heavy atom. The molecule has 0 spiro atoms. The van der Waals surface area contributed by atoms with Crippen molar-refractivity contribution in [3.8, 4) is 39.9 Å². The van der Waals surface area contributed by atoms with E-state index in [0.29, 0.717) is 17.5 Å². The van der Waals surface area contributed by atoms with Crippen LogP contribution in [-0.4, -0.2) is 19.5 Å². The summed E-state index contributed by atoms with van der Waals surface area (Å²) in [4.78, 5) is 15.8. The first kappa shape index (κ1) is 30.8. The van der Waals surface area contributed by atoms with E-state index in [-0.39, 0.29) is 0 Å². The molecular weight excluding hydrogens is 685 g/mol. The van der Waals surface area contributed by atoms with Gasteiger partial charge in [0.15, 0.2) is 17.5 Å². The molecule has 9 aromatic carbocycles. The molecule has 0 bridgehead atoms. The van der Waals surface area contributed by atoms with Gasteiger partial charge in [0.1, 0.15) is 11.2 Å². The smallest absolute Gasteiger partial charge is 0.164 e. The van der Waals surface area contributed by atoms with E-state index >= 15 is 0 Å². The fourth-order valence-electron chi connectivity index (χ4n) is 8.67. The summed E-state index contributed by atoms with van der Waals surface area (Å²) in [5, 5.41) is 11.2. The summed E-state index contributed by atoms with van der Waals surface area (Å²) in [5.74, 6) is 1.80. The van der Waals surface area contributed by atoms with Gasteiger partial charge in [0.25, 0.3) is 0 Å². The summed E-state index contributed by atoms with van der Waals surface area (Å²) < 4.78 is 9.26. The van der Waals surface area contributed by atoms with Crippen LogP contribution in [0.3, 0.4) is 0 Å². The Hall–Kier alpha value is -7.63. The molecule has 0 unspecified atom stereocenters. The quantitative estimate of drug-likeness (QED) is 0.170. The molecule has 0 N–H and O–H groups in total. The molecule has 0 aliphatic heterocycles. The van der Waals surface area contributed by atoms with Crippen LogP contribution in [0.1, 0.15) is 0 Å². The second kappa shape index (κ2) is 11.9. The van der Waals surface area contributed by atoms with Crippen molar-refractivity contribution < 1.29 is 4.42 Å². The molecular formula is C51H30N4O. The highest BCUT2D eigenvalue weighted by Gasteiger charge is 2.23. The van der Waals surface area contributed by atoms with Crippen molar-refractivity contribution in [2.75, 3.05) is 0 Å². The van der Waals surface area contributed by atoms with Crippen LogP contribution in [0.4, 0.5) is 0 Å². The number of benzene rings is 9. The third kappa shape index (κ3) is 4.58. The molecule has 0 amide bonds. The molecule has 12 rings (SSSR count). The summed E-state index contributed by atoms with van der Waals surface area (Å²) >= 11 is 0. The predicted octanol–water partition coefficient (Wildman–Crippen LogP) is 13.3. The van der Waals surface area contributed by atoms with Crippen LogP contribution < -0.4 is 0 Å². The Labute approximate surface area is 320 Å². The molecule has 12 aromatic rings. The van der Waals surface area contributed by atoms with E-state index in [1.165, 1.54) is 10.8 Å². The Bertz CT molecular complexity index is 3530. The number of fused-ring (bicyclic) bond motifs is 12. The molecule has 0 aliphatic carbocycles. The molecule has 0 saturated carbocycles. The fraction of sp³-hybridized carbons (Fsp3) is 0. The molecule has 0 aliphatic rings. The lowest BCUT2D eigenvalue weighted by Crippen LogP contribution is -2.01. The Kier molecular flexibility index (Phi) is 6.56. The fourth-order valence-corrected chi connectivity index (χ4v) is 8.67. The number of furan rings is 1. The third-order valence-corrected chi connectivity index (χ3v) is 11.2. The van der Waals surface area contributed by atoms with E-state index in [0.717, 1.165) is 87.7 Å². The van der Waals surface area contributed by atoms with Gasteiger partial charge in [-0.3, -0.25) is 0 Å². The number of aromatic nitrogens is 4. The minimum atomic E-state index is 0.591. The maximum absolute atomic E-state index is 6.93. The minimum absolute atomic E-state index is 0.591. The molecule has 260 valence electrons. The standard InChI is InChI=1S/C51H30N4O/c1-3-15-33(16-4-1)49-52-50(35-25-27-40-39-21-11-12-22-42(39)55(43(40)30-35)36-17-5-2-6-18-36)54-51(53-49)41-29-34-24-23-31-13-7-9-19-37(31)45(34)48-47(41)46-38-20-10-8-14-32(38)26-28-44(46)56-48/h1-30H. The van der Waals surface area contributed by atoms with Crippen molar-refractivity contribution >= 4 is 76.1 Å². The molecule has 0 saturated heterocycles. The van der Waals surface area contributed by atoms with Crippen molar-refractivity contribution in [1.29, 1.82) is 0 Å². The SMILES string of the molecule is c1ccc(-c2nc(-c3ccc4c5ccccc5n(-c5ccccc5)c4c3)nc(-c3cc4ccc5ccccc5c4c4oc5ccc6ccccc6c5c34)n2)cc1. The van der Waals surface area contributed by atoms with Crippen molar-refractivity contribution in [3.63, 3.8) is 0 Å². The van der Waals surface area contributed by atoms with Crippen LogP contribution in [0.15, 0.2) is 186 Å². The number of hydrogen-bond acceptors (Lipinski definition) is 4. The van der Waals surface area contributed by atoms with Crippen molar-refractivity contribution in [2.45, 2.75) is 0 Å². The largest absolute Gasteiger partial charge is 0.455 e. The Morgan fingerprint density at radius 1 is 0.375 bits per heavy atom. The highest BCUT2D eigenvalue weighted by Crippen LogP contribution is 2.45. The number of nitrogens with zero attached hydrogens (tertiary/aromatic N) is 4. The van der Waals surface area contributed by atoms with Crippen LogP contribution in [-0.2, 0) is 0 Å². The van der Waals surface area contributed by atoms with Crippen LogP contribution in [0.25, 0.3) is 116 Å². The zero-order valence-electron chi connectivity index (χ0n) is 30.0. The van der Waals surface area contributed by atoms with Gasteiger partial charge in [-0.25, -0.2) is 15.0 Å². The van der Waals surface area contributed by atoms with Crippen LogP contribution in [0.2, 0.25) is 0 Å². The maximum atomic E-state index is 6.93. The highest BCUT2D eigenvalue weighted by atomic mass is 16.3. The van der Waals surface area contributed by atoms with Crippen molar-refractivity contribution in [3.05, 3.63) is 182 Å². The molecule has 3 aromatic heterocycles. The first-order valence-electron chi connectivity index (χ1n) is 18.9. The van der Waals surface area contributed by atoms with Gasteiger partial charge in [0, 0.05) is 49.3 Å². The van der Waals surface area contributed by atoms with E-state index in [9.17, 15) is 0 Å². The second-order valence-electron chi connectivity index (χ2n) is 14.4. The van der Waals surface area contributed by atoms with E-state index < -0.39 is 0 Å². The first-order valence-corrected chi connectivity index (χ1v) is 18.9. The number of hydrogen-bond donors (Lipinski definition) is 0. The van der Waals surface area contributed by atoms with E-state index in [1.54, 1.807) is 0 Å². The highest BCUT2D eigenvalue weighted by molar-refractivity contribution is 6.30. The van der Waals surface area contributed by atoms with Crippen LogP contribution >= 0.6 is 0 Å². The molecule has 5 nitrogen and oxygen atoms in total. The first-order chi connectivity index (χ1) is 27.8. The van der Waals surface area contributed by atoms with Crippen LogP contribution in [0.5, 0.6) is 0 Å². The maximum Gasteiger partial charge on any atom is 0.164 e. The van der Waals surface area contributed by atoms with Gasteiger partial charge in [0.2, 0.25) is 0 Å². The molecule has 56 heavy (non-hydrogen) atoms. The van der Waals surface area contributed by atoms with Gasteiger partial charge in [-0.15, -0.1) is 0 Å². The van der Waals surface area contributed by atoms with Crippen molar-refractivity contribution in [1.82, 2.24) is 19.5 Å². The minimum Gasteiger partial charge on any atom is -0.455 e. The zero-order valence-corrected chi connectivity index (χ0v) is 30.0. The van der Waals surface area contributed by atoms with E-state index in [4.69, 9.17) is 19.4 Å². The normalized spacial score (nSPS) is 11.9. The van der Waals surface area contributed by atoms with E-state index in [2.05, 4.69) is 168 Å². The summed E-state index contributed by atoms with van der Waals surface area (Å²) in [5.41, 5.74) is 7.73. The predicted molar refractivity (Wildman–Crippen MR) is 230 cm³/mol. The number of rotatable bonds is 4. The molecule has 5 heteroatoms. The van der Waals surface area contributed by atoms with Gasteiger partial charge in [-0.2, -0.15) is 0 Å².